The maximum Gasteiger partial charge on any atom is 0.171 e. The van der Waals surface area contributed by atoms with E-state index in [1.165, 1.54) is 32.6 Å². The Balaban J connectivity index is 0.866. The number of aromatic nitrogens is 2. The summed E-state index contributed by atoms with van der Waals surface area (Å²) in [6.45, 7) is 0. The molecule has 15 aromatic rings. The number of fused-ring (bicyclic) bond motifs is 17. The second-order valence-electron chi connectivity index (χ2n) is 21.0. The molecule has 0 saturated carbocycles. The van der Waals surface area contributed by atoms with Crippen molar-refractivity contribution >= 4 is 88.6 Å². The minimum Gasteiger partial charge on any atom is -0.457 e. The Morgan fingerprint density at radius 3 is 1.81 bits per heavy atom. The Labute approximate surface area is 454 Å². The van der Waals surface area contributed by atoms with Gasteiger partial charge >= 0.3 is 0 Å². The number of furan rings is 1. The van der Waals surface area contributed by atoms with Crippen LogP contribution in [0.1, 0.15) is 22.3 Å². The fraction of sp³-hybridized carbons (Fsp3) is 0.0137. The maximum atomic E-state index is 16.7. The van der Waals surface area contributed by atoms with E-state index in [1.54, 1.807) is 0 Å². The van der Waals surface area contributed by atoms with Crippen LogP contribution in [0, 0.1) is 0 Å². The summed E-state index contributed by atoms with van der Waals surface area (Å²) < 4.78 is 35.3. The van der Waals surface area contributed by atoms with Gasteiger partial charge in [-0.1, -0.05) is 194 Å². The number of benzene rings is 12. The van der Waals surface area contributed by atoms with Gasteiger partial charge in [-0.05, 0) is 107 Å². The van der Waals surface area contributed by atoms with Crippen molar-refractivity contribution in [3.63, 3.8) is 0 Å². The summed E-state index contributed by atoms with van der Waals surface area (Å²) in [5.74, 6) is 1.51. The van der Waals surface area contributed by atoms with E-state index >= 15 is 4.57 Å². The van der Waals surface area contributed by atoms with Crippen LogP contribution < -0.4 is 20.7 Å². The number of hydrogen-bond donors (Lipinski definition) is 0. The molecule has 0 radical (unpaired) electrons. The van der Waals surface area contributed by atoms with Crippen LogP contribution in [-0.2, 0) is 9.98 Å². The Hall–Kier alpha value is -9.93. The first-order chi connectivity index (χ1) is 39.1. The summed E-state index contributed by atoms with van der Waals surface area (Å²) in [6, 6.07) is 96.8. The molecule has 0 saturated heterocycles. The highest BCUT2D eigenvalue weighted by Gasteiger charge is 2.55. The highest BCUT2D eigenvalue weighted by atomic mass is 31.2. The Morgan fingerprint density at radius 1 is 0.342 bits per heavy atom. The van der Waals surface area contributed by atoms with E-state index in [2.05, 4.69) is 228 Å². The molecule has 2 unspecified atom stereocenters. The van der Waals surface area contributed by atoms with Crippen molar-refractivity contribution in [3.8, 4) is 45.1 Å². The first-order valence-corrected chi connectivity index (χ1v) is 28.6. The van der Waals surface area contributed by atoms with Gasteiger partial charge in [0.15, 0.2) is 7.14 Å². The van der Waals surface area contributed by atoms with Crippen LogP contribution in [0.5, 0.6) is 11.5 Å². The second-order valence-corrected chi connectivity index (χ2v) is 23.7. The summed E-state index contributed by atoms with van der Waals surface area (Å²) in [5, 5.41) is 9.20. The molecule has 6 heteroatoms. The Kier molecular flexibility index (Phi) is 9.26. The lowest BCUT2D eigenvalue weighted by molar-refractivity contribution is 0.435. The van der Waals surface area contributed by atoms with Gasteiger partial charge < -0.3 is 22.9 Å². The lowest BCUT2D eigenvalue weighted by atomic mass is 9.63. The van der Waals surface area contributed by atoms with Crippen LogP contribution in [0.25, 0.3) is 99.2 Å². The number of nitrogens with zero attached hydrogens (tertiary/aromatic N) is 2. The Morgan fingerprint density at radius 2 is 0.962 bits per heavy atom. The standard InChI is InChI=1S/C73H45N2O3P/c76-79(51-23-5-2-6-24-51)70-36-16-11-31-61(70)73(62-44-58-55-27-9-14-34-66(55)77-68(58)45-71(62)79)59-30-10-15-35-67(59)78-69-43-47(37-39-60(69)73)46-19-17-22-50(41-46)75-64-33-13-7-25-53(64)56-29-18-28-52(72(56)75)48-38-40-65-57(42-48)54-26-8-12-32-63(54)74(65)49-20-3-1-4-21-49/h1-45H. The zero-order chi connectivity index (χ0) is 52.0. The number of rotatable bonds is 5. The molecule has 1 spiro atoms. The van der Waals surface area contributed by atoms with E-state index in [-0.39, 0.29) is 0 Å². The fourth-order valence-corrected chi connectivity index (χ4v) is 16.9. The molecule has 0 bridgehead atoms. The van der Waals surface area contributed by atoms with Gasteiger partial charge in [0.1, 0.15) is 22.7 Å². The van der Waals surface area contributed by atoms with Crippen LogP contribution in [0.2, 0.25) is 0 Å². The number of para-hydroxylation sites is 6. The molecule has 0 aliphatic carbocycles. The third kappa shape index (κ3) is 6.08. The van der Waals surface area contributed by atoms with E-state index in [0.29, 0.717) is 5.58 Å². The third-order valence-electron chi connectivity index (χ3n) is 17.0. The minimum atomic E-state index is -3.49. The van der Waals surface area contributed by atoms with Gasteiger partial charge in [0.25, 0.3) is 0 Å². The van der Waals surface area contributed by atoms with Crippen LogP contribution in [0.4, 0.5) is 0 Å². The van der Waals surface area contributed by atoms with Gasteiger partial charge in [-0.15, -0.1) is 0 Å². The van der Waals surface area contributed by atoms with Gasteiger partial charge in [-0.3, -0.25) is 0 Å². The highest BCUT2D eigenvalue weighted by Crippen LogP contribution is 2.62. The number of hydrogen-bond acceptors (Lipinski definition) is 3. The molecule has 79 heavy (non-hydrogen) atoms. The molecule has 0 fully saturated rings. The molecule has 3 aromatic heterocycles. The number of ether oxygens (including phenoxy) is 1. The zero-order valence-electron chi connectivity index (χ0n) is 42.5. The average molecular weight is 1030 g/mol. The van der Waals surface area contributed by atoms with Crippen molar-refractivity contribution in [1.29, 1.82) is 0 Å². The zero-order valence-corrected chi connectivity index (χ0v) is 43.4. The van der Waals surface area contributed by atoms with Gasteiger partial charge in [-0.2, -0.15) is 0 Å². The van der Waals surface area contributed by atoms with E-state index < -0.39 is 12.6 Å². The molecular weight excluding hydrogens is 984 g/mol. The summed E-state index contributed by atoms with van der Waals surface area (Å²) in [6.07, 6.45) is 0. The van der Waals surface area contributed by atoms with Crippen molar-refractivity contribution < 1.29 is 13.7 Å². The molecule has 5 heterocycles. The van der Waals surface area contributed by atoms with Gasteiger partial charge in [0, 0.05) is 76.3 Å². The van der Waals surface area contributed by atoms with Crippen LogP contribution in [-0.4, -0.2) is 9.13 Å². The summed E-state index contributed by atoms with van der Waals surface area (Å²) in [5.41, 5.74) is 15.8. The molecular formula is C73H45N2O3P. The summed E-state index contributed by atoms with van der Waals surface area (Å²) in [4.78, 5) is 0. The fourth-order valence-electron chi connectivity index (χ4n) is 13.7. The predicted octanol–water partition coefficient (Wildman–Crippen LogP) is 17.6. The minimum absolute atomic E-state index is 0.713. The monoisotopic (exact) mass is 1030 g/mol. The van der Waals surface area contributed by atoms with Gasteiger partial charge in [-0.25, -0.2) is 0 Å². The molecule has 5 nitrogen and oxygen atoms in total. The highest BCUT2D eigenvalue weighted by molar-refractivity contribution is 7.85. The van der Waals surface area contributed by atoms with E-state index in [0.717, 1.165) is 111 Å². The molecule has 2 aliphatic rings. The predicted molar refractivity (Wildman–Crippen MR) is 325 cm³/mol. The van der Waals surface area contributed by atoms with Crippen LogP contribution in [0.3, 0.4) is 0 Å². The maximum absolute atomic E-state index is 16.7. The van der Waals surface area contributed by atoms with Crippen molar-refractivity contribution in [3.05, 3.63) is 295 Å². The Bertz CT molecular complexity index is 5110. The van der Waals surface area contributed by atoms with Crippen molar-refractivity contribution in [2.75, 3.05) is 0 Å². The molecule has 17 rings (SSSR count). The largest absolute Gasteiger partial charge is 0.457 e. The quantitative estimate of drug-likeness (QED) is 0.161. The molecule has 12 aromatic carbocycles. The molecule has 0 amide bonds. The second kappa shape index (κ2) is 16.5. The first-order valence-electron chi connectivity index (χ1n) is 26.9. The SMILES string of the molecule is O=P1(c2ccccc2)c2ccccc2C2(c3ccccc3Oc3cc(-c4cccc(-n5c6ccccc6c6cccc(-c7ccc8c(c7)c7ccccc7n8-c7ccccc7)c65)c4)ccc32)c2cc3c(cc21)oc1ccccc13. The molecule has 2 atom stereocenters. The molecule has 0 N–H and O–H groups in total. The average Bonchev–Trinajstić information content (AvgIpc) is 3.00. The normalized spacial score (nSPS) is 16.4. The van der Waals surface area contributed by atoms with E-state index in [9.17, 15) is 0 Å². The molecule has 370 valence electrons. The summed E-state index contributed by atoms with van der Waals surface area (Å²) in [7, 11) is -3.49. The van der Waals surface area contributed by atoms with Crippen molar-refractivity contribution in [2.45, 2.75) is 5.41 Å². The first kappa shape index (κ1) is 44.2. The van der Waals surface area contributed by atoms with Crippen molar-refractivity contribution in [2.24, 2.45) is 0 Å². The summed E-state index contributed by atoms with van der Waals surface area (Å²) >= 11 is 0. The third-order valence-corrected chi connectivity index (χ3v) is 20.2. The lowest BCUT2D eigenvalue weighted by Gasteiger charge is -2.47. The van der Waals surface area contributed by atoms with E-state index in [4.69, 9.17) is 9.15 Å². The molecule has 2 aliphatic heterocycles. The van der Waals surface area contributed by atoms with Gasteiger partial charge in [0.05, 0.1) is 27.5 Å². The smallest absolute Gasteiger partial charge is 0.171 e. The van der Waals surface area contributed by atoms with Crippen LogP contribution in [0.15, 0.2) is 277 Å². The van der Waals surface area contributed by atoms with Gasteiger partial charge in [0.2, 0.25) is 0 Å². The van der Waals surface area contributed by atoms with Crippen molar-refractivity contribution in [1.82, 2.24) is 9.13 Å². The van der Waals surface area contributed by atoms with E-state index in [1.807, 2.05) is 54.6 Å². The lowest BCUT2D eigenvalue weighted by Crippen LogP contribution is -2.47. The topological polar surface area (TPSA) is 49.3 Å². The van der Waals surface area contributed by atoms with Crippen LogP contribution >= 0.6 is 7.14 Å².